The molecule has 4 aromatic rings. The first-order valence-electron chi connectivity index (χ1n) is 9.42. The van der Waals surface area contributed by atoms with Crippen LogP contribution in [-0.4, -0.2) is 0 Å². The highest BCUT2D eigenvalue weighted by molar-refractivity contribution is 5.78. The Labute approximate surface area is 160 Å². The van der Waals surface area contributed by atoms with Gasteiger partial charge in [0, 0.05) is 5.69 Å². The summed E-state index contributed by atoms with van der Waals surface area (Å²) < 4.78 is 0. The van der Waals surface area contributed by atoms with Gasteiger partial charge in [-0.25, -0.2) is 0 Å². The summed E-state index contributed by atoms with van der Waals surface area (Å²) in [5.74, 6) is 0. The van der Waals surface area contributed by atoms with E-state index in [1.807, 2.05) is 6.07 Å². The van der Waals surface area contributed by atoms with Crippen LogP contribution >= 0.6 is 0 Å². The van der Waals surface area contributed by atoms with Crippen LogP contribution < -0.4 is 5.73 Å². The molecule has 0 heterocycles. The molecular formula is C26H21N. The summed E-state index contributed by atoms with van der Waals surface area (Å²) in [4.78, 5) is 0. The standard InChI is InChI=1S/C26H21N/c27-22-13-14-26-21(17-22)16-20-9-3-5-11-24(20)23-10-4-1-7-18(23)15-19-8-2-6-12-25(19)26/h1-14,17H,15-16,27H2. The molecule has 0 bridgehead atoms. The van der Waals surface area contributed by atoms with Crippen LogP contribution in [0.25, 0.3) is 22.3 Å². The zero-order valence-corrected chi connectivity index (χ0v) is 15.2. The Bertz CT molecular complexity index is 1140. The zero-order valence-electron chi connectivity index (χ0n) is 15.2. The number of hydrogen-bond donors (Lipinski definition) is 1. The quantitative estimate of drug-likeness (QED) is 0.337. The molecule has 0 aromatic heterocycles. The molecule has 2 N–H and O–H groups in total. The lowest BCUT2D eigenvalue weighted by Gasteiger charge is -2.21. The molecule has 0 spiro atoms. The Morgan fingerprint density at radius 2 is 0.852 bits per heavy atom. The predicted octanol–water partition coefficient (Wildman–Crippen LogP) is 6.10. The smallest absolute Gasteiger partial charge is 0.0317 e. The summed E-state index contributed by atoms with van der Waals surface area (Å²) in [6.07, 6.45) is 1.80. The van der Waals surface area contributed by atoms with Crippen molar-refractivity contribution < 1.29 is 0 Å². The Hall–Kier alpha value is -3.32. The summed E-state index contributed by atoms with van der Waals surface area (Å²) >= 11 is 0. The average Bonchev–Trinajstić information content (AvgIpc) is 2.70. The van der Waals surface area contributed by atoms with Crippen LogP contribution in [0.3, 0.4) is 0 Å². The highest BCUT2D eigenvalue weighted by Crippen LogP contribution is 2.37. The fraction of sp³-hybridized carbons (Fsp3) is 0.0769. The van der Waals surface area contributed by atoms with Gasteiger partial charge in [-0.15, -0.1) is 0 Å². The molecule has 0 saturated heterocycles. The van der Waals surface area contributed by atoms with Crippen molar-refractivity contribution in [3.05, 3.63) is 113 Å². The van der Waals surface area contributed by atoms with Crippen molar-refractivity contribution in [3.63, 3.8) is 0 Å². The van der Waals surface area contributed by atoms with Crippen LogP contribution in [0, 0.1) is 0 Å². The topological polar surface area (TPSA) is 26.0 Å². The third-order valence-corrected chi connectivity index (χ3v) is 5.52. The van der Waals surface area contributed by atoms with Gasteiger partial charge in [0.2, 0.25) is 0 Å². The van der Waals surface area contributed by atoms with E-state index in [4.69, 9.17) is 5.73 Å². The Morgan fingerprint density at radius 1 is 0.444 bits per heavy atom. The van der Waals surface area contributed by atoms with E-state index in [0.717, 1.165) is 18.5 Å². The zero-order chi connectivity index (χ0) is 18.2. The van der Waals surface area contributed by atoms with E-state index in [2.05, 4.69) is 84.9 Å². The van der Waals surface area contributed by atoms with Crippen LogP contribution in [-0.2, 0) is 12.8 Å². The fourth-order valence-electron chi connectivity index (χ4n) is 4.24. The van der Waals surface area contributed by atoms with Crippen molar-refractivity contribution >= 4 is 5.69 Å². The second-order valence-corrected chi connectivity index (χ2v) is 7.24. The lowest BCUT2D eigenvalue weighted by Crippen LogP contribution is -2.03. The minimum Gasteiger partial charge on any atom is -0.399 e. The highest BCUT2D eigenvalue weighted by atomic mass is 14.5. The van der Waals surface area contributed by atoms with Crippen LogP contribution in [0.2, 0.25) is 0 Å². The first-order chi connectivity index (χ1) is 13.3. The van der Waals surface area contributed by atoms with Crippen molar-refractivity contribution in [1.29, 1.82) is 0 Å². The number of anilines is 1. The molecule has 0 saturated carbocycles. The number of rotatable bonds is 0. The molecule has 0 radical (unpaired) electrons. The third kappa shape index (κ3) is 2.82. The lowest BCUT2D eigenvalue weighted by atomic mass is 9.84. The summed E-state index contributed by atoms with van der Waals surface area (Å²) in [7, 11) is 0. The molecule has 1 aliphatic carbocycles. The first kappa shape index (κ1) is 15.9. The third-order valence-electron chi connectivity index (χ3n) is 5.52. The number of nitrogen functional groups attached to an aromatic ring is 1. The molecule has 130 valence electrons. The van der Waals surface area contributed by atoms with Gasteiger partial charge in [-0.05, 0) is 69.5 Å². The molecule has 0 atom stereocenters. The van der Waals surface area contributed by atoms with Crippen molar-refractivity contribution in [1.82, 2.24) is 0 Å². The van der Waals surface area contributed by atoms with E-state index in [1.54, 1.807) is 0 Å². The number of benzene rings is 4. The van der Waals surface area contributed by atoms with Crippen LogP contribution in [0.5, 0.6) is 0 Å². The van der Waals surface area contributed by atoms with Crippen molar-refractivity contribution in [3.8, 4) is 22.3 Å². The number of hydrogen-bond acceptors (Lipinski definition) is 1. The molecular weight excluding hydrogens is 326 g/mol. The van der Waals surface area contributed by atoms with E-state index < -0.39 is 0 Å². The number of fused-ring (bicyclic) bond motifs is 6. The molecule has 0 aliphatic heterocycles. The van der Waals surface area contributed by atoms with Gasteiger partial charge in [-0.2, -0.15) is 0 Å². The van der Waals surface area contributed by atoms with E-state index in [0.29, 0.717) is 0 Å². The maximum absolute atomic E-state index is 6.16. The minimum atomic E-state index is 0.821. The predicted molar refractivity (Wildman–Crippen MR) is 114 cm³/mol. The summed E-state index contributed by atoms with van der Waals surface area (Å²) in [6, 6.07) is 32.6. The Kier molecular flexibility index (Phi) is 3.79. The van der Waals surface area contributed by atoms with Crippen LogP contribution in [0.15, 0.2) is 91.0 Å². The Morgan fingerprint density at radius 3 is 1.37 bits per heavy atom. The maximum atomic E-state index is 6.16. The highest BCUT2D eigenvalue weighted by Gasteiger charge is 2.17. The van der Waals surface area contributed by atoms with Gasteiger partial charge < -0.3 is 5.73 Å². The van der Waals surface area contributed by atoms with E-state index in [-0.39, 0.29) is 0 Å². The summed E-state index contributed by atoms with van der Waals surface area (Å²) in [5, 5.41) is 0. The van der Waals surface area contributed by atoms with Crippen molar-refractivity contribution in [2.75, 3.05) is 5.73 Å². The van der Waals surface area contributed by atoms with Crippen LogP contribution in [0.4, 0.5) is 5.69 Å². The molecule has 0 amide bonds. The minimum absolute atomic E-state index is 0.821. The van der Waals surface area contributed by atoms with Crippen molar-refractivity contribution in [2.24, 2.45) is 0 Å². The molecule has 1 aliphatic rings. The van der Waals surface area contributed by atoms with Gasteiger partial charge >= 0.3 is 0 Å². The van der Waals surface area contributed by atoms with Gasteiger partial charge in [0.1, 0.15) is 0 Å². The fourth-order valence-corrected chi connectivity index (χ4v) is 4.24. The molecule has 1 nitrogen and oxygen atoms in total. The maximum Gasteiger partial charge on any atom is 0.0317 e. The number of nitrogens with two attached hydrogens (primary N) is 1. The average molecular weight is 347 g/mol. The van der Waals surface area contributed by atoms with E-state index in [1.165, 1.54) is 44.5 Å². The second-order valence-electron chi connectivity index (χ2n) is 7.24. The molecule has 5 rings (SSSR count). The van der Waals surface area contributed by atoms with Gasteiger partial charge in [-0.1, -0.05) is 78.9 Å². The van der Waals surface area contributed by atoms with Crippen molar-refractivity contribution in [2.45, 2.75) is 12.8 Å². The monoisotopic (exact) mass is 347 g/mol. The van der Waals surface area contributed by atoms with Gasteiger partial charge in [0.15, 0.2) is 0 Å². The first-order valence-corrected chi connectivity index (χ1v) is 9.42. The molecule has 1 heteroatoms. The van der Waals surface area contributed by atoms with Gasteiger partial charge in [0.05, 0.1) is 0 Å². The lowest BCUT2D eigenvalue weighted by molar-refractivity contribution is 1.15. The molecule has 27 heavy (non-hydrogen) atoms. The molecule has 0 fully saturated rings. The Balaban J connectivity index is 1.84. The molecule has 0 unspecified atom stereocenters. The molecule has 4 aromatic carbocycles. The summed E-state index contributed by atoms with van der Waals surface area (Å²) in [5.41, 5.74) is 17.6. The van der Waals surface area contributed by atoms with Gasteiger partial charge in [-0.3, -0.25) is 0 Å². The van der Waals surface area contributed by atoms with Crippen LogP contribution in [0.1, 0.15) is 22.3 Å². The van der Waals surface area contributed by atoms with E-state index in [9.17, 15) is 0 Å². The van der Waals surface area contributed by atoms with Gasteiger partial charge in [0.25, 0.3) is 0 Å². The SMILES string of the molecule is Nc1ccc2c(c1)Cc1ccccc1-c1ccccc1Cc1ccccc1-2. The normalized spacial score (nSPS) is 12.3. The largest absolute Gasteiger partial charge is 0.399 e. The second kappa shape index (κ2) is 6.44. The van der Waals surface area contributed by atoms with E-state index >= 15 is 0 Å². The summed E-state index contributed by atoms with van der Waals surface area (Å²) in [6.45, 7) is 0.